The van der Waals surface area contributed by atoms with Crippen molar-refractivity contribution < 1.29 is 13.2 Å². The number of fused-ring (bicyclic) bond motifs is 1. The maximum atomic E-state index is 12.6. The number of Topliss-reactive ketones (excluding diaryl/α,β-unsaturated/α-hetero) is 1. The highest BCUT2D eigenvalue weighted by molar-refractivity contribution is 8.00. The number of aromatic nitrogens is 4. The molecule has 3 aromatic heterocycles. The van der Waals surface area contributed by atoms with Gasteiger partial charge in [0.1, 0.15) is 11.4 Å². The Morgan fingerprint density at radius 2 is 2.21 bits per heavy atom. The van der Waals surface area contributed by atoms with Crippen molar-refractivity contribution in [2.45, 2.75) is 17.4 Å². The van der Waals surface area contributed by atoms with Crippen molar-refractivity contribution in [3.8, 4) is 0 Å². The summed E-state index contributed by atoms with van der Waals surface area (Å²) in [4.78, 5) is 22.7. The van der Waals surface area contributed by atoms with Gasteiger partial charge in [0, 0.05) is 30.9 Å². The van der Waals surface area contributed by atoms with Crippen molar-refractivity contribution in [3.63, 3.8) is 0 Å². The molecule has 0 radical (unpaired) electrons. The number of ketones is 1. The molecule has 0 spiro atoms. The van der Waals surface area contributed by atoms with Gasteiger partial charge in [-0.3, -0.25) is 9.48 Å². The molecule has 1 fully saturated rings. The molecule has 0 aliphatic carbocycles. The molecule has 1 atom stereocenters. The van der Waals surface area contributed by atoms with Crippen molar-refractivity contribution in [1.29, 1.82) is 0 Å². The topological polar surface area (TPSA) is 124 Å². The van der Waals surface area contributed by atoms with Crippen LogP contribution in [-0.2, 0) is 17.3 Å². The number of aryl methyl sites for hydroxylation is 1. The molecular formula is C16H18N6O3S3. The lowest BCUT2D eigenvalue weighted by atomic mass is 10.1. The minimum Gasteiger partial charge on any atom is -0.292 e. The Kier molecular flexibility index (Phi) is 5.22. The van der Waals surface area contributed by atoms with E-state index in [9.17, 15) is 13.2 Å². The summed E-state index contributed by atoms with van der Waals surface area (Å²) >= 11 is 2.78. The van der Waals surface area contributed by atoms with Gasteiger partial charge in [0.25, 0.3) is 10.2 Å². The van der Waals surface area contributed by atoms with Crippen LogP contribution in [0, 0.1) is 0 Å². The molecule has 0 amide bonds. The molecule has 4 rings (SSSR count). The van der Waals surface area contributed by atoms with Gasteiger partial charge >= 0.3 is 0 Å². The van der Waals surface area contributed by atoms with Crippen LogP contribution in [0.2, 0.25) is 0 Å². The van der Waals surface area contributed by atoms with Gasteiger partial charge in [0.15, 0.2) is 11.4 Å². The first-order chi connectivity index (χ1) is 13.3. The van der Waals surface area contributed by atoms with E-state index in [0.717, 1.165) is 20.9 Å². The minimum atomic E-state index is -3.66. The number of carbonyl (C=O) groups excluding carboxylic acids is 1. The first kappa shape index (κ1) is 19.5. The zero-order chi connectivity index (χ0) is 19.9. The SMILES string of the molecule is Cn1ncc2c(SCC(=O)c3ccc(C4CCN(S(N)(=O)=O)C4)s3)ncnc21. The molecule has 0 aromatic carbocycles. The van der Waals surface area contributed by atoms with E-state index in [-0.39, 0.29) is 17.5 Å². The Labute approximate surface area is 170 Å². The number of thioether (sulfide) groups is 1. The van der Waals surface area contributed by atoms with Crippen LogP contribution in [0.4, 0.5) is 0 Å². The number of thiophene rings is 1. The molecule has 9 nitrogen and oxygen atoms in total. The van der Waals surface area contributed by atoms with Crippen LogP contribution in [0.15, 0.2) is 29.7 Å². The number of hydrogen-bond acceptors (Lipinski definition) is 8. The van der Waals surface area contributed by atoms with Crippen LogP contribution in [-0.4, -0.2) is 57.1 Å². The summed E-state index contributed by atoms with van der Waals surface area (Å²) in [6.07, 6.45) is 3.87. The van der Waals surface area contributed by atoms with Crippen LogP contribution in [0.25, 0.3) is 11.0 Å². The molecular weight excluding hydrogens is 420 g/mol. The lowest BCUT2D eigenvalue weighted by Gasteiger charge is -2.11. The Hall–Kier alpha value is -1.86. The predicted molar refractivity (Wildman–Crippen MR) is 108 cm³/mol. The van der Waals surface area contributed by atoms with Crippen LogP contribution in [0.1, 0.15) is 26.9 Å². The van der Waals surface area contributed by atoms with Crippen molar-refractivity contribution >= 4 is 50.1 Å². The van der Waals surface area contributed by atoms with Crippen LogP contribution in [0.5, 0.6) is 0 Å². The zero-order valence-electron chi connectivity index (χ0n) is 15.0. The number of nitrogens with zero attached hydrogens (tertiary/aromatic N) is 5. The number of hydrogen-bond donors (Lipinski definition) is 1. The summed E-state index contributed by atoms with van der Waals surface area (Å²) in [7, 11) is -1.85. The van der Waals surface area contributed by atoms with Gasteiger partial charge in [-0.15, -0.1) is 11.3 Å². The Morgan fingerprint density at radius 1 is 1.39 bits per heavy atom. The average Bonchev–Trinajstić information content (AvgIpc) is 3.38. The van der Waals surface area contributed by atoms with E-state index in [2.05, 4.69) is 15.1 Å². The number of nitrogens with two attached hydrogens (primary N) is 1. The Bertz CT molecular complexity index is 1140. The zero-order valence-corrected chi connectivity index (χ0v) is 17.4. The van der Waals surface area contributed by atoms with Crippen LogP contribution >= 0.6 is 23.1 Å². The van der Waals surface area contributed by atoms with E-state index in [4.69, 9.17) is 5.14 Å². The van der Waals surface area contributed by atoms with E-state index in [1.54, 1.807) is 10.9 Å². The van der Waals surface area contributed by atoms with Crippen LogP contribution < -0.4 is 5.14 Å². The third-order valence-corrected chi connectivity index (χ3v) is 7.99. The minimum absolute atomic E-state index is 0.0122. The Balaban J connectivity index is 1.42. The Morgan fingerprint density at radius 3 is 2.96 bits per heavy atom. The van der Waals surface area contributed by atoms with Gasteiger partial charge in [0.2, 0.25) is 0 Å². The van der Waals surface area contributed by atoms with Gasteiger partial charge in [-0.25, -0.2) is 15.1 Å². The lowest BCUT2D eigenvalue weighted by Crippen LogP contribution is -2.34. The van der Waals surface area contributed by atoms with E-state index >= 15 is 0 Å². The van der Waals surface area contributed by atoms with Gasteiger partial charge in [-0.1, -0.05) is 11.8 Å². The summed E-state index contributed by atoms with van der Waals surface area (Å²) in [5, 5.41) is 10.9. The predicted octanol–water partition coefficient (Wildman–Crippen LogP) is 1.39. The largest absolute Gasteiger partial charge is 0.292 e. The van der Waals surface area contributed by atoms with Gasteiger partial charge < -0.3 is 0 Å². The molecule has 1 aliphatic heterocycles. The fourth-order valence-corrected chi connectivity index (χ4v) is 5.93. The van der Waals surface area contributed by atoms with E-state index in [1.165, 1.54) is 33.7 Å². The molecule has 28 heavy (non-hydrogen) atoms. The van der Waals surface area contributed by atoms with Crippen molar-refractivity contribution in [2.24, 2.45) is 12.2 Å². The third-order valence-electron chi connectivity index (χ3n) is 4.65. The number of carbonyl (C=O) groups is 1. The van der Waals surface area contributed by atoms with E-state index in [1.807, 2.05) is 19.2 Å². The fourth-order valence-electron chi connectivity index (χ4n) is 3.17. The van der Waals surface area contributed by atoms with Crippen molar-refractivity contribution in [1.82, 2.24) is 24.1 Å². The molecule has 1 saturated heterocycles. The standard InChI is InChI=1S/C16H18N6O3S3/c1-21-15-11(6-20-21)16(19-9-18-15)26-8-12(23)14-3-2-13(27-14)10-4-5-22(7-10)28(17,24)25/h2-3,6,9-10H,4-5,7-8H2,1H3,(H2,17,24,25). The molecule has 0 bridgehead atoms. The van der Waals surface area contributed by atoms with E-state index < -0.39 is 10.2 Å². The first-order valence-electron chi connectivity index (χ1n) is 8.49. The highest BCUT2D eigenvalue weighted by Crippen LogP contribution is 2.34. The second kappa shape index (κ2) is 7.52. The normalized spacial score (nSPS) is 18.1. The molecule has 1 unspecified atom stereocenters. The summed E-state index contributed by atoms with van der Waals surface area (Å²) in [5.41, 5.74) is 0.726. The molecule has 148 valence electrons. The second-order valence-electron chi connectivity index (χ2n) is 6.49. The quantitative estimate of drug-likeness (QED) is 0.350. The summed E-state index contributed by atoms with van der Waals surface area (Å²) in [6.45, 7) is 0.775. The summed E-state index contributed by atoms with van der Waals surface area (Å²) in [5.74, 6) is 0.349. The van der Waals surface area contributed by atoms with Crippen molar-refractivity contribution in [3.05, 3.63) is 34.4 Å². The smallest absolute Gasteiger partial charge is 0.276 e. The van der Waals surface area contributed by atoms with Gasteiger partial charge in [0.05, 0.1) is 22.2 Å². The van der Waals surface area contributed by atoms with E-state index in [0.29, 0.717) is 24.4 Å². The van der Waals surface area contributed by atoms with Gasteiger partial charge in [-0.2, -0.15) is 17.8 Å². The molecule has 12 heteroatoms. The van der Waals surface area contributed by atoms with Crippen LogP contribution in [0.3, 0.4) is 0 Å². The summed E-state index contributed by atoms with van der Waals surface area (Å²) < 4.78 is 25.9. The second-order valence-corrected chi connectivity index (χ2v) is 10.1. The summed E-state index contributed by atoms with van der Waals surface area (Å²) in [6, 6.07) is 3.71. The lowest BCUT2D eigenvalue weighted by molar-refractivity contribution is 0.102. The third kappa shape index (κ3) is 3.82. The maximum Gasteiger partial charge on any atom is 0.276 e. The molecule has 2 N–H and O–H groups in total. The molecule has 0 saturated carbocycles. The fraction of sp³-hybridized carbons (Fsp3) is 0.375. The highest BCUT2D eigenvalue weighted by atomic mass is 32.2. The van der Waals surface area contributed by atoms with Crippen molar-refractivity contribution in [2.75, 3.05) is 18.8 Å². The average molecular weight is 439 g/mol. The molecule has 3 aromatic rings. The molecule has 1 aliphatic rings. The highest BCUT2D eigenvalue weighted by Gasteiger charge is 2.31. The monoisotopic (exact) mass is 438 g/mol. The van der Waals surface area contributed by atoms with Gasteiger partial charge in [-0.05, 0) is 18.6 Å². The number of rotatable bonds is 6. The molecule has 4 heterocycles. The first-order valence-corrected chi connectivity index (χ1v) is 11.8. The maximum absolute atomic E-state index is 12.6.